The summed E-state index contributed by atoms with van der Waals surface area (Å²) >= 11 is 0. The summed E-state index contributed by atoms with van der Waals surface area (Å²) in [6.07, 6.45) is 1.37. The number of ether oxygens (including phenoxy) is 1. The van der Waals surface area contributed by atoms with Crippen LogP contribution < -0.4 is 5.32 Å². The Balaban J connectivity index is 1.27. The van der Waals surface area contributed by atoms with Crippen LogP contribution in [0.25, 0.3) is 11.1 Å². The fraction of sp³-hybridized carbons (Fsp3) is 0.444. The third kappa shape index (κ3) is 3.73. The number of rotatable bonds is 6. The SMILES string of the molecule is CC(C)[C@@H](NC(=O)OCC1c2ccccc2-c2ccccc21)C(=O)N1C2CCC1C(C(=O)O)C2. The van der Waals surface area contributed by atoms with Gasteiger partial charge in [0.1, 0.15) is 12.6 Å². The Morgan fingerprint density at radius 1 is 1.03 bits per heavy atom. The highest BCUT2D eigenvalue weighted by Gasteiger charge is 2.52. The number of benzene rings is 2. The van der Waals surface area contributed by atoms with Crippen LogP contribution in [0.5, 0.6) is 0 Å². The summed E-state index contributed by atoms with van der Waals surface area (Å²) in [6.45, 7) is 3.92. The standard InChI is InChI=1S/C27H30N2O5/c1-15(2)24(25(30)29-16-11-12-23(29)21(13-16)26(31)32)28-27(33)34-14-22-19-9-5-3-7-17(19)18-8-4-6-10-20(18)22/h3-10,15-16,21-24H,11-14H2,1-2H3,(H,28,33)(H,31,32)/t16?,21?,23?,24-/m1/s1. The third-order valence-corrected chi connectivity index (χ3v) is 7.66. The van der Waals surface area contributed by atoms with Crippen molar-refractivity contribution in [3.05, 3.63) is 59.7 Å². The van der Waals surface area contributed by atoms with E-state index >= 15 is 0 Å². The zero-order valence-corrected chi connectivity index (χ0v) is 19.4. The van der Waals surface area contributed by atoms with E-state index in [-0.39, 0.29) is 36.4 Å². The Kier molecular flexibility index (Phi) is 5.80. The van der Waals surface area contributed by atoms with E-state index in [9.17, 15) is 19.5 Å². The zero-order chi connectivity index (χ0) is 24.0. The Labute approximate surface area is 199 Å². The summed E-state index contributed by atoms with van der Waals surface area (Å²) in [7, 11) is 0. The minimum atomic E-state index is -0.851. The van der Waals surface area contributed by atoms with E-state index in [4.69, 9.17) is 4.74 Å². The highest BCUT2D eigenvalue weighted by Crippen LogP contribution is 2.45. The van der Waals surface area contributed by atoms with Crippen molar-refractivity contribution in [1.82, 2.24) is 10.2 Å². The molecule has 2 fully saturated rings. The van der Waals surface area contributed by atoms with Gasteiger partial charge >= 0.3 is 12.1 Å². The normalized spacial score (nSPS) is 23.5. The maximum absolute atomic E-state index is 13.4. The van der Waals surface area contributed by atoms with Crippen molar-refractivity contribution in [2.24, 2.45) is 11.8 Å². The number of carboxylic acids is 1. The summed E-state index contributed by atoms with van der Waals surface area (Å²) in [6, 6.07) is 15.1. The van der Waals surface area contributed by atoms with Crippen molar-refractivity contribution in [2.45, 2.75) is 57.2 Å². The molecule has 2 aliphatic heterocycles. The van der Waals surface area contributed by atoms with Gasteiger partial charge in [-0.25, -0.2) is 4.79 Å². The molecule has 7 nitrogen and oxygen atoms in total. The molecule has 3 unspecified atom stereocenters. The molecule has 2 bridgehead atoms. The Morgan fingerprint density at radius 2 is 1.65 bits per heavy atom. The molecule has 4 atom stereocenters. The van der Waals surface area contributed by atoms with Gasteiger partial charge in [-0.3, -0.25) is 9.59 Å². The lowest BCUT2D eigenvalue weighted by Gasteiger charge is -2.30. The Morgan fingerprint density at radius 3 is 2.21 bits per heavy atom. The minimum Gasteiger partial charge on any atom is -0.481 e. The smallest absolute Gasteiger partial charge is 0.407 e. The molecule has 0 saturated carbocycles. The van der Waals surface area contributed by atoms with Crippen LogP contribution in [-0.2, 0) is 14.3 Å². The Hall–Kier alpha value is -3.35. The predicted molar refractivity (Wildman–Crippen MR) is 126 cm³/mol. The van der Waals surface area contributed by atoms with Crippen LogP contribution in [0, 0.1) is 11.8 Å². The van der Waals surface area contributed by atoms with Crippen molar-refractivity contribution >= 4 is 18.0 Å². The lowest BCUT2D eigenvalue weighted by Crippen LogP contribution is -2.53. The lowest BCUT2D eigenvalue weighted by molar-refractivity contribution is -0.143. The van der Waals surface area contributed by atoms with Gasteiger partial charge in [0.05, 0.1) is 5.92 Å². The van der Waals surface area contributed by atoms with Gasteiger partial charge in [0.25, 0.3) is 0 Å². The van der Waals surface area contributed by atoms with E-state index in [1.807, 2.05) is 38.1 Å². The summed E-state index contributed by atoms with van der Waals surface area (Å²) in [4.78, 5) is 39.5. The number of hydrogen-bond acceptors (Lipinski definition) is 4. The number of nitrogens with one attached hydrogen (secondary N) is 1. The fourth-order valence-electron chi connectivity index (χ4n) is 6.04. The maximum atomic E-state index is 13.4. The van der Waals surface area contributed by atoms with Crippen LogP contribution in [0.4, 0.5) is 4.79 Å². The molecule has 2 heterocycles. The molecule has 178 valence electrons. The number of hydrogen-bond donors (Lipinski definition) is 2. The largest absolute Gasteiger partial charge is 0.481 e. The number of aliphatic carboxylic acids is 1. The molecular formula is C27H30N2O5. The molecule has 2 aromatic rings. The summed E-state index contributed by atoms with van der Waals surface area (Å²) in [5.41, 5.74) is 4.56. The molecule has 0 radical (unpaired) electrons. The van der Waals surface area contributed by atoms with E-state index in [0.29, 0.717) is 12.8 Å². The van der Waals surface area contributed by atoms with Crippen molar-refractivity contribution in [1.29, 1.82) is 0 Å². The van der Waals surface area contributed by atoms with Crippen molar-refractivity contribution in [3.8, 4) is 11.1 Å². The molecule has 7 heteroatoms. The van der Waals surface area contributed by atoms with Gasteiger partial charge in [0, 0.05) is 18.0 Å². The highest BCUT2D eigenvalue weighted by atomic mass is 16.5. The second-order valence-corrected chi connectivity index (χ2v) is 9.92. The molecule has 0 spiro atoms. The van der Waals surface area contributed by atoms with Crippen LogP contribution in [0.2, 0.25) is 0 Å². The van der Waals surface area contributed by atoms with Crippen molar-refractivity contribution in [2.75, 3.05) is 6.61 Å². The molecule has 0 aromatic heterocycles. The predicted octanol–water partition coefficient (Wildman–Crippen LogP) is 4.01. The molecule has 2 saturated heterocycles. The molecular weight excluding hydrogens is 432 g/mol. The van der Waals surface area contributed by atoms with E-state index in [1.54, 1.807) is 4.90 Å². The maximum Gasteiger partial charge on any atom is 0.407 e. The number of alkyl carbamates (subject to hydrolysis) is 1. The molecule has 34 heavy (non-hydrogen) atoms. The van der Waals surface area contributed by atoms with E-state index in [2.05, 4.69) is 29.6 Å². The number of carbonyl (C=O) groups is 3. The molecule has 2 amide bonds. The first kappa shape index (κ1) is 22.4. The number of nitrogens with zero attached hydrogens (tertiary/aromatic N) is 1. The molecule has 2 aromatic carbocycles. The second-order valence-electron chi connectivity index (χ2n) is 9.92. The number of carboxylic acid groups (broad SMARTS) is 1. The van der Waals surface area contributed by atoms with E-state index < -0.39 is 24.0 Å². The van der Waals surface area contributed by atoms with Crippen LogP contribution in [0.15, 0.2) is 48.5 Å². The number of fused-ring (bicyclic) bond motifs is 5. The van der Waals surface area contributed by atoms with Crippen molar-refractivity contribution in [3.63, 3.8) is 0 Å². The summed E-state index contributed by atoms with van der Waals surface area (Å²) in [5, 5.41) is 12.3. The molecule has 3 aliphatic rings. The van der Waals surface area contributed by atoms with Crippen LogP contribution in [0.1, 0.15) is 50.2 Å². The van der Waals surface area contributed by atoms with Gasteiger partial charge in [-0.05, 0) is 47.4 Å². The monoisotopic (exact) mass is 462 g/mol. The van der Waals surface area contributed by atoms with Gasteiger partial charge < -0.3 is 20.1 Å². The average molecular weight is 463 g/mol. The topological polar surface area (TPSA) is 95.9 Å². The van der Waals surface area contributed by atoms with Gasteiger partial charge in [-0.15, -0.1) is 0 Å². The zero-order valence-electron chi connectivity index (χ0n) is 19.4. The van der Waals surface area contributed by atoms with Crippen LogP contribution in [-0.4, -0.2) is 52.7 Å². The van der Waals surface area contributed by atoms with Crippen LogP contribution in [0.3, 0.4) is 0 Å². The summed E-state index contributed by atoms with van der Waals surface area (Å²) < 4.78 is 5.65. The van der Waals surface area contributed by atoms with Gasteiger partial charge in [0.2, 0.25) is 5.91 Å². The van der Waals surface area contributed by atoms with E-state index in [0.717, 1.165) is 28.7 Å². The molecule has 5 rings (SSSR count). The quantitative estimate of drug-likeness (QED) is 0.676. The van der Waals surface area contributed by atoms with Gasteiger partial charge in [-0.2, -0.15) is 0 Å². The Bertz CT molecular complexity index is 1080. The number of amides is 2. The first-order valence-corrected chi connectivity index (χ1v) is 12.0. The summed E-state index contributed by atoms with van der Waals surface area (Å²) in [5.74, 6) is -1.80. The fourth-order valence-corrected chi connectivity index (χ4v) is 6.04. The number of carbonyl (C=O) groups excluding carboxylic acids is 2. The molecule has 2 N–H and O–H groups in total. The first-order chi connectivity index (χ1) is 16.4. The first-order valence-electron chi connectivity index (χ1n) is 12.0. The third-order valence-electron chi connectivity index (χ3n) is 7.66. The van der Waals surface area contributed by atoms with Crippen LogP contribution >= 0.6 is 0 Å². The van der Waals surface area contributed by atoms with Crippen molar-refractivity contribution < 1.29 is 24.2 Å². The van der Waals surface area contributed by atoms with E-state index in [1.165, 1.54) is 0 Å². The van der Waals surface area contributed by atoms with Gasteiger partial charge in [0.15, 0.2) is 0 Å². The highest BCUT2D eigenvalue weighted by molar-refractivity contribution is 5.88. The lowest BCUT2D eigenvalue weighted by atomic mass is 9.89. The second kappa shape index (κ2) is 8.78. The van der Waals surface area contributed by atoms with Gasteiger partial charge in [-0.1, -0.05) is 62.4 Å². The average Bonchev–Trinajstić information content (AvgIpc) is 3.50. The minimum absolute atomic E-state index is 0.0582. The molecule has 1 aliphatic carbocycles.